The van der Waals surface area contributed by atoms with E-state index in [-0.39, 0.29) is 10.9 Å². The van der Waals surface area contributed by atoms with Crippen molar-refractivity contribution in [3.63, 3.8) is 0 Å². The number of sulfonamides is 1. The van der Waals surface area contributed by atoms with Gasteiger partial charge in [-0.1, -0.05) is 20.8 Å². The maximum Gasteiger partial charge on any atom is 0.243 e. The fraction of sp³-hybridized carbons (Fsp3) is 0.786. The first-order valence-electron chi connectivity index (χ1n) is 7.60. The molecular formula is C14H28N4O2S. The molecule has 1 heterocycles. The largest absolute Gasteiger partial charge is 0.315 e. The van der Waals surface area contributed by atoms with Crippen molar-refractivity contribution in [2.45, 2.75) is 58.0 Å². The summed E-state index contributed by atoms with van der Waals surface area (Å²) in [6.45, 7) is 10.6. The topological polar surface area (TPSA) is 76.0 Å². The number of rotatable bonds is 10. The van der Waals surface area contributed by atoms with Gasteiger partial charge in [0.15, 0.2) is 0 Å². The molecule has 0 bridgehead atoms. The predicted molar refractivity (Wildman–Crippen MR) is 84.6 cm³/mol. The second-order valence-electron chi connectivity index (χ2n) is 5.84. The molecule has 21 heavy (non-hydrogen) atoms. The molecule has 0 aromatic carbocycles. The predicted octanol–water partition coefficient (Wildman–Crippen LogP) is 1.60. The van der Waals surface area contributed by atoms with E-state index in [2.05, 4.69) is 35.9 Å². The summed E-state index contributed by atoms with van der Waals surface area (Å²) < 4.78 is 28.8. The highest BCUT2D eigenvalue weighted by atomic mass is 32.2. The Morgan fingerprint density at radius 3 is 2.62 bits per heavy atom. The lowest BCUT2D eigenvalue weighted by molar-refractivity contribution is 0.482. The van der Waals surface area contributed by atoms with Crippen molar-refractivity contribution < 1.29 is 8.42 Å². The number of hydrogen-bond acceptors (Lipinski definition) is 4. The molecule has 0 fully saturated rings. The van der Waals surface area contributed by atoms with Crippen molar-refractivity contribution in [1.29, 1.82) is 0 Å². The molecule has 7 heteroatoms. The van der Waals surface area contributed by atoms with Crippen LogP contribution in [0.4, 0.5) is 0 Å². The first-order chi connectivity index (χ1) is 9.85. The van der Waals surface area contributed by atoms with Crippen LogP contribution in [0.3, 0.4) is 0 Å². The first-order valence-corrected chi connectivity index (χ1v) is 9.09. The van der Waals surface area contributed by atoms with Crippen molar-refractivity contribution in [3.8, 4) is 0 Å². The molecule has 1 atom stereocenters. The van der Waals surface area contributed by atoms with Gasteiger partial charge in [-0.2, -0.15) is 5.10 Å². The van der Waals surface area contributed by atoms with Crippen LogP contribution >= 0.6 is 0 Å². The van der Waals surface area contributed by atoms with Crippen LogP contribution in [0.25, 0.3) is 0 Å². The minimum atomic E-state index is -3.47. The van der Waals surface area contributed by atoms with Crippen molar-refractivity contribution >= 4 is 10.0 Å². The van der Waals surface area contributed by atoms with E-state index in [1.807, 2.05) is 6.92 Å². The van der Waals surface area contributed by atoms with Crippen LogP contribution in [-0.4, -0.2) is 37.3 Å². The minimum absolute atomic E-state index is 0.0791. The molecular weight excluding hydrogens is 288 g/mol. The Balaban J connectivity index is 2.57. The molecule has 2 N–H and O–H groups in total. The highest BCUT2D eigenvalue weighted by Crippen LogP contribution is 2.11. The van der Waals surface area contributed by atoms with Crippen molar-refractivity contribution in [2.24, 2.45) is 5.92 Å². The maximum absolute atomic E-state index is 12.2. The third-order valence-electron chi connectivity index (χ3n) is 3.05. The molecule has 0 aliphatic heterocycles. The zero-order chi connectivity index (χ0) is 15.9. The standard InChI is InChI=1S/C14H28N4O2S/c1-5-6-15-7-8-18-11-14(10-16-18)21(19,20)17-13(4)9-12(2)3/h10-13,15,17H,5-9H2,1-4H3. The molecule has 0 aliphatic carbocycles. The van der Waals surface area contributed by atoms with E-state index in [9.17, 15) is 8.42 Å². The van der Waals surface area contributed by atoms with Crippen LogP contribution in [0.15, 0.2) is 17.3 Å². The molecule has 0 saturated heterocycles. The number of nitrogens with zero attached hydrogens (tertiary/aromatic N) is 2. The van der Waals surface area contributed by atoms with E-state index in [0.717, 1.165) is 25.9 Å². The number of nitrogens with one attached hydrogen (secondary N) is 2. The summed E-state index contributed by atoms with van der Waals surface area (Å²) in [7, 11) is -3.47. The van der Waals surface area contributed by atoms with Gasteiger partial charge >= 0.3 is 0 Å². The fourth-order valence-electron chi connectivity index (χ4n) is 2.19. The van der Waals surface area contributed by atoms with E-state index in [0.29, 0.717) is 12.5 Å². The third kappa shape index (κ3) is 6.58. The second kappa shape index (κ2) is 8.51. The average molecular weight is 316 g/mol. The summed E-state index contributed by atoms with van der Waals surface area (Å²) in [4.78, 5) is 0.230. The minimum Gasteiger partial charge on any atom is -0.315 e. The number of aromatic nitrogens is 2. The highest BCUT2D eigenvalue weighted by Gasteiger charge is 2.19. The molecule has 0 amide bonds. The van der Waals surface area contributed by atoms with Gasteiger partial charge in [0.1, 0.15) is 4.90 Å². The first kappa shape index (κ1) is 18.1. The van der Waals surface area contributed by atoms with Gasteiger partial charge in [-0.15, -0.1) is 0 Å². The molecule has 122 valence electrons. The Morgan fingerprint density at radius 2 is 2.00 bits per heavy atom. The molecule has 0 saturated carbocycles. The Morgan fingerprint density at radius 1 is 1.29 bits per heavy atom. The van der Waals surface area contributed by atoms with Gasteiger partial charge in [0, 0.05) is 18.8 Å². The summed E-state index contributed by atoms with van der Waals surface area (Å²) in [6, 6.07) is -0.0791. The third-order valence-corrected chi connectivity index (χ3v) is 4.59. The van der Waals surface area contributed by atoms with E-state index >= 15 is 0 Å². The van der Waals surface area contributed by atoms with Crippen LogP contribution in [0, 0.1) is 5.92 Å². The lowest BCUT2D eigenvalue weighted by Crippen LogP contribution is -2.33. The molecule has 1 unspecified atom stereocenters. The van der Waals surface area contributed by atoms with Crippen LogP contribution in [0.2, 0.25) is 0 Å². The van der Waals surface area contributed by atoms with Gasteiger partial charge in [-0.05, 0) is 32.2 Å². The normalized spacial score (nSPS) is 13.8. The summed E-state index contributed by atoms with van der Waals surface area (Å²) in [5.41, 5.74) is 0. The van der Waals surface area contributed by atoms with Gasteiger partial charge < -0.3 is 5.32 Å². The molecule has 0 aliphatic rings. The van der Waals surface area contributed by atoms with Crippen LogP contribution in [0.1, 0.15) is 40.5 Å². The van der Waals surface area contributed by atoms with Gasteiger partial charge in [0.2, 0.25) is 10.0 Å². The summed E-state index contributed by atoms with van der Waals surface area (Å²) in [6.07, 6.45) is 4.88. The van der Waals surface area contributed by atoms with Crippen LogP contribution in [0.5, 0.6) is 0 Å². The quantitative estimate of drug-likeness (QED) is 0.643. The summed E-state index contributed by atoms with van der Waals surface area (Å²) in [5.74, 6) is 0.454. The summed E-state index contributed by atoms with van der Waals surface area (Å²) >= 11 is 0. The zero-order valence-corrected chi connectivity index (χ0v) is 14.3. The zero-order valence-electron chi connectivity index (χ0n) is 13.5. The lowest BCUT2D eigenvalue weighted by atomic mass is 10.1. The van der Waals surface area contributed by atoms with Crippen molar-refractivity contribution in [1.82, 2.24) is 19.8 Å². The maximum atomic E-state index is 12.2. The van der Waals surface area contributed by atoms with Gasteiger partial charge in [0.25, 0.3) is 0 Å². The smallest absolute Gasteiger partial charge is 0.243 e. The Labute approximate surface area is 128 Å². The summed E-state index contributed by atoms with van der Waals surface area (Å²) in [5, 5.41) is 7.37. The molecule has 1 rings (SSSR count). The van der Waals surface area contributed by atoms with Crippen LogP contribution < -0.4 is 10.0 Å². The van der Waals surface area contributed by atoms with Crippen molar-refractivity contribution in [2.75, 3.05) is 13.1 Å². The Bertz CT molecular complexity index is 511. The fourth-order valence-corrected chi connectivity index (χ4v) is 3.40. The lowest BCUT2D eigenvalue weighted by Gasteiger charge is -2.15. The molecule has 1 aromatic rings. The number of hydrogen-bond donors (Lipinski definition) is 2. The second-order valence-corrected chi connectivity index (χ2v) is 7.55. The molecule has 0 spiro atoms. The van der Waals surface area contributed by atoms with Crippen LogP contribution in [-0.2, 0) is 16.6 Å². The monoisotopic (exact) mass is 316 g/mol. The van der Waals surface area contributed by atoms with Crippen molar-refractivity contribution in [3.05, 3.63) is 12.4 Å². The molecule has 1 aromatic heterocycles. The van der Waals surface area contributed by atoms with E-state index < -0.39 is 10.0 Å². The van der Waals surface area contributed by atoms with Gasteiger partial charge in [-0.3, -0.25) is 4.68 Å². The van der Waals surface area contributed by atoms with Gasteiger partial charge in [0.05, 0.1) is 12.7 Å². The molecule has 0 radical (unpaired) electrons. The van der Waals surface area contributed by atoms with E-state index in [1.54, 1.807) is 10.9 Å². The SMILES string of the molecule is CCCNCCn1cc(S(=O)(=O)NC(C)CC(C)C)cn1. The average Bonchev–Trinajstić information content (AvgIpc) is 2.82. The van der Waals surface area contributed by atoms with Gasteiger partial charge in [-0.25, -0.2) is 13.1 Å². The molecule has 6 nitrogen and oxygen atoms in total. The Kier molecular flexibility index (Phi) is 7.34. The van der Waals surface area contributed by atoms with E-state index in [4.69, 9.17) is 0 Å². The Hall–Kier alpha value is -0.920. The van der Waals surface area contributed by atoms with E-state index in [1.165, 1.54) is 6.20 Å². The highest BCUT2D eigenvalue weighted by molar-refractivity contribution is 7.89.